The minimum absolute atomic E-state index is 0.0467. The number of alkyl halides is 6. The van der Waals surface area contributed by atoms with Gasteiger partial charge in [0.15, 0.2) is 0 Å². The van der Waals surface area contributed by atoms with Gasteiger partial charge in [-0.1, -0.05) is 43.3 Å². The average Bonchev–Trinajstić information content (AvgIpc) is 3.00. The molecule has 0 fully saturated rings. The summed E-state index contributed by atoms with van der Waals surface area (Å²) in [7, 11) is 2.32. The van der Waals surface area contributed by atoms with Crippen LogP contribution < -0.4 is 16.2 Å². The molecular weight excluding hydrogens is 654 g/mol. The summed E-state index contributed by atoms with van der Waals surface area (Å²) >= 11 is 0. The lowest BCUT2D eigenvalue weighted by molar-refractivity contribution is -0.143. The zero-order valence-electron chi connectivity index (χ0n) is 25.9. The molecule has 48 heavy (non-hydrogen) atoms. The van der Waals surface area contributed by atoms with Crippen molar-refractivity contribution in [2.24, 2.45) is 7.05 Å². The van der Waals surface area contributed by atoms with Crippen LogP contribution in [0.3, 0.4) is 0 Å². The molecule has 2 atom stereocenters. The molecule has 0 aliphatic rings. The Morgan fingerprint density at radius 1 is 0.938 bits per heavy atom. The number of amides is 1. The van der Waals surface area contributed by atoms with E-state index in [1.165, 1.54) is 51.2 Å². The Kier molecular flexibility index (Phi) is 10.2. The van der Waals surface area contributed by atoms with Gasteiger partial charge in [-0.3, -0.25) is 9.59 Å². The van der Waals surface area contributed by atoms with Crippen molar-refractivity contribution < 1.29 is 49.4 Å². The zero-order chi connectivity index (χ0) is 35.7. The monoisotopic (exact) mass is 683 g/mol. The largest absolute Gasteiger partial charge is 0.467 e. The molecule has 0 bridgehead atoms. The molecule has 0 saturated carbocycles. The predicted octanol–water partition coefficient (Wildman–Crippen LogP) is 7.08. The van der Waals surface area contributed by atoms with Gasteiger partial charge in [-0.25, -0.2) is 13.6 Å². The summed E-state index contributed by atoms with van der Waals surface area (Å²) in [5.41, 5.74) is -4.05. The van der Waals surface area contributed by atoms with Crippen LogP contribution in [-0.4, -0.2) is 41.8 Å². The number of nitrogens with zero attached hydrogens (tertiary/aromatic N) is 1. The van der Waals surface area contributed by atoms with Crippen molar-refractivity contribution in [1.82, 2.24) is 9.88 Å². The van der Waals surface area contributed by atoms with Crippen molar-refractivity contribution in [2.45, 2.75) is 51.1 Å². The summed E-state index contributed by atoms with van der Waals surface area (Å²) in [6.45, 7) is 2.58. The molecule has 0 saturated heterocycles. The minimum Gasteiger partial charge on any atom is -0.467 e. The molecule has 4 aromatic rings. The van der Waals surface area contributed by atoms with Gasteiger partial charge in [0.05, 0.1) is 18.2 Å². The molecule has 0 unspecified atom stereocenters. The summed E-state index contributed by atoms with van der Waals surface area (Å²) < 4.78 is 118. The lowest BCUT2D eigenvalue weighted by atomic mass is 9.90. The maximum atomic E-state index is 14.9. The fraction of sp³-hybridized carbons (Fsp3) is 0.303. The normalized spacial score (nSPS) is 13.2. The van der Waals surface area contributed by atoms with Crippen LogP contribution in [-0.2, 0) is 29.2 Å². The van der Waals surface area contributed by atoms with Crippen molar-refractivity contribution >= 4 is 28.3 Å². The second-order valence-corrected chi connectivity index (χ2v) is 11.0. The van der Waals surface area contributed by atoms with E-state index in [-0.39, 0.29) is 23.1 Å². The van der Waals surface area contributed by atoms with Crippen LogP contribution in [0.5, 0.6) is 0 Å². The Morgan fingerprint density at radius 3 is 2.08 bits per heavy atom. The number of fused-ring (bicyclic) bond motifs is 1. The van der Waals surface area contributed by atoms with Crippen molar-refractivity contribution in [3.8, 4) is 11.1 Å². The van der Waals surface area contributed by atoms with Gasteiger partial charge >= 0.3 is 18.3 Å². The molecule has 1 amide bonds. The van der Waals surface area contributed by atoms with E-state index in [0.717, 1.165) is 17.7 Å². The molecule has 0 radical (unpaired) electrons. The van der Waals surface area contributed by atoms with E-state index < -0.39 is 82.3 Å². The molecule has 3 aromatic carbocycles. The van der Waals surface area contributed by atoms with Crippen molar-refractivity contribution in [3.63, 3.8) is 0 Å². The minimum atomic E-state index is -4.87. The van der Waals surface area contributed by atoms with Crippen molar-refractivity contribution in [2.75, 3.05) is 12.4 Å². The first-order chi connectivity index (χ1) is 22.4. The number of anilines is 1. The number of halogens is 8. The Labute approximate surface area is 268 Å². The zero-order valence-corrected chi connectivity index (χ0v) is 25.9. The number of methoxy groups -OCH3 is 1. The topological polar surface area (TPSA) is 89.4 Å². The Bertz CT molecular complexity index is 1910. The van der Waals surface area contributed by atoms with Crippen LogP contribution in [0.1, 0.15) is 40.5 Å². The number of carbonyl (C=O) groups is 2. The summed E-state index contributed by atoms with van der Waals surface area (Å²) in [5, 5.41) is 4.67. The first kappa shape index (κ1) is 35.9. The molecule has 0 aliphatic carbocycles. The maximum Gasteiger partial charge on any atom is 0.417 e. The van der Waals surface area contributed by atoms with E-state index in [2.05, 4.69) is 5.32 Å². The van der Waals surface area contributed by atoms with Crippen molar-refractivity contribution in [1.29, 1.82) is 0 Å². The van der Waals surface area contributed by atoms with E-state index in [9.17, 15) is 49.5 Å². The van der Waals surface area contributed by atoms with Crippen LogP contribution in [0.15, 0.2) is 59.4 Å². The van der Waals surface area contributed by atoms with Crippen LogP contribution in [0.2, 0.25) is 0 Å². The SMILES string of the molecule is CC[C@@H](Nc1cc(F)c(C(=O)N[C@@H](Cc2ccc(-c3c(C(F)(F)F)cc(C)n(C)c3=O)c3ccccc23)C(=O)OC)c(F)c1)C(F)(F)F. The van der Waals surface area contributed by atoms with Crippen LogP contribution in [0.25, 0.3) is 21.9 Å². The van der Waals surface area contributed by atoms with E-state index >= 15 is 0 Å². The second kappa shape index (κ2) is 13.6. The lowest BCUT2D eigenvalue weighted by Crippen LogP contribution is -2.43. The van der Waals surface area contributed by atoms with Gasteiger partial charge in [-0.15, -0.1) is 0 Å². The highest BCUT2D eigenvalue weighted by molar-refractivity contribution is 6.00. The highest BCUT2D eigenvalue weighted by atomic mass is 19.4. The van der Waals surface area contributed by atoms with Gasteiger partial charge < -0.3 is 19.9 Å². The summed E-state index contributed by atoms with van der Waals surface area (Å²) in [5.74, 6) is -5.48. The fourth-order valence-corrected chi connectivity index (χ4v) is 5.34. The third kappa shape index (κ3) is 7.29. The summed E-state index contributed by atoms with van der Waals surface area (Å²) in [6, 6.07) is 6.89. The number of nitrogens with one attached hydrogen (secondary N) is 2. The molecular formula is C33H29F8N3O4. The Balaban J connectivity index is 1.73. The number of benzene rings is 3. The maximum absolute atomic E-state index is 14.9. The Morgan fingerprint density at radius 2 is 1.54 bits per heavy atom. The molecule has 0 aliphatic heterocycles. The van der Waals surface area contributed by atoms with E-state index in [1.807, 2.05) is 5.32 Å². The number of aryl methyl sites for hydroxylation is 1. The van der Waals surface area contributed by atoms with Gasteiger partial charge in [-0.05, 0) is 53.4 Å². The first-order valence-electron chi connectivity index (χ1n) is 14.4. The quantitative estimate of drug-likeness (QED) is 0.146. The van der Waals surface area contributed by atoms with Gasteiger partial charge in [0.1, 0.15) is 29.3 Å². The molecule has 1 aromatic heterocycles. The molecule has 4 rings (SSSR count). The van der Waals surface area contributed by atoms with Crippen LogP contribution in [0.4, 0.5) is 40.8 Å². The van der Waals surface area contributed by atoms with Gasteiger partial charge in [-0.2, -0.15) is 26.3 Å². The fourth-order valence-electron chi connectivity index (χ4n) is 5.34. The lowest BCUT2D eigenvalue weighted by Gasteiger charge is -2.22. The number of rotatable bonds is 9. The molecule has 1 heterocycles. The summed E-state index contributed by atoms with van der Waals surface area (Å²) in [4.78, 5) is 39.0. The molecule has 15 heteroatoms. The van der Waals surface area contributed by atoms with Crippen molar-refractivity contribution in [3.05, 3.63) is 99.0 Å². The van der Waals surface area contributed by atoms with E-state index in [4.69, 9.17) is 4.74 Å². The number of pyridine rings is 1. The number of esters is 1. The third-order valence-electron chi connectivity index (χ3n) is 7.89. The van der Waals surface area contributed by atoms with Crippen LogP contribution >= 0.6 is 0 Å². The number of hydrogen-bond donors (Lipinski definition) is 2. The standard InChI is InChI=1S/C33H29F8N3O4/c1-5-26(33(39,40)41)42-18-14-23(34)28(24(35)15-18)29(45)43-25(31(47)48-4)13-17-10-11-21(20-9-7-6-8-19(17)20)27-22(32(36,37)38)12-16(2)44(3)30(27)46/h6-12,14-15,25-26,42H,5,13H2,1-4H3,(H,43,45)/t25-,26+/m0/s1. The third-order valence-corrected chi connectivity index (χ3v) is 7.89. The number of carbonyl (C=O) groups excluding carboxylic acids is 2. The predicted molar refractivity (Wildman–Crippen MR) is 161 cm³/mol. The van der Waals surface area contributed by atoms with Gasteiger partial charge in [0.2, 0.25) is 0 Å². The smallest absolute Gasteiger partial charge is 0.417 e. The highest BCUT2D eigenvalue weighted by Crippen LogP contribution is 2.39. The molecule has 256 valence electrons. The summed E-state index contributed by atoms with van der Waals surface area (Å²) in [6.07, 6.45) is -10.4. The highest BCUT2D eigenvalue weighted by Gasteiger charge is 2.39. The number of hydrogen-bond acceptors (Lipinski definition) is 5. The molecule has 2 N–H and O–H groups in total. The first-order valence-corrected chi connectivity index (χ1v) is 14.4. The molecule has 7 nitrogen and oxygen atoms in total. The second-order valence-electron chi connectivity index (χ2n) is 11.0. The number of aromatic nitrogens is 1. The number of ether oxygens (including phenoxy) is 1. The van der Waals surface area contributed by atoms with E-state index in [1.54, 1.807) is 6.07 Å². The average molecular weight is 684 g/mol. The van der Waals surface area contributed by atoms with Gasteiger partial charge in [0, 0.05) is 24.8 Å². The molecule has 0 spiro atoms. The van der Waals surface area contributed by atoms with E-state index in [0.29, 0.717) is 23.1 Å². The van der Waals surface area contributed by atoms with Crippen LogP contribution in [0, 0.1) is 18.6 Å². The van der Waals surface area contributed by atoms with Gasteiger partial charge in [0.25, 0.3) is 11.5 Å². The Hall–Kier alpha value is -4.95.